The van der Waals surface area contributed by atoms with Crippen LogP contribution in [0.1, 0.15) is 84.0 Å². The molecule has 0 aliphatic heterocycles. The molecule has 0 saturated heterocycles. The van der Waals surface area contributed by atoms with Gasteiger partial charge in [0, 0.05) is 35.7 Å². The van der Waals surface area contributed by atoms with Gasteiger partial charge in [0.25, 0.3) is 0 Å². The van der Waals surface area contributed by atoms with Gasteiger partial charge < -0.3 is 14.4 Å². The van der Waals surface area contributed by atoms with Gasteiger partial charge in [0.05, 0.1) is 11.5 Å². The molecule has 0 bridgehead atoms. The zero-order valence-electron chi connectivity index (χ0n) is 24.3. The molecule has 1 saturated carbocycles. The molecule has 3 aliphatic carbocycles. The number of hydrogen-bond acceptors (Lipinski definition) is 5. The summed E-state index contributed by atoms with van der Waals surface area (Å²) in [6, 6.07) is 10.3. The van der Waals surface area contributed by atoms with Gasteiger partial charge in [-0.25, -0.2) is 9.37 Å². The van der Waals surface area contributed by atoms with Gasteiger partial charge in [-0.05, 0) is 99.6 Å². The van der Waals surface area contributed by atoms with Gasteiger partial charge in [-0.2, -0.15) is 13.2 Å². The highest BCUT2D eigenvalue weighted by Gasteiger charge is 2.61. The van der Waals surface area contributed by atoms with E-state index in [0.29, 0.717) is 23.4 Å². The van der Waals surface area contributed by atoms with Crippen LogP contribution in [0.25, 0.3) is 0 Å². The van der Waals surface area contributed by atoms with E-state index in [9.17, 15) is 18.0 Å². The zero-order valence-corrected chi connectivity index (χ0v) is 24.3. The van der Waals surface area contributed by atoms with Crippen molar-refractivity contribution in [3.05, 3.63) is 93.4 Å². The molecule has 1 unspecified atom stereocenters. The van der Waals surface area contributed by atoms with E-state index in [1.165, 1.54) is 18.2 Å². The summed E-state index contributed by atoms with van der Waals surface area (Å²) in [7, 11) is 3.70. The van der Waals surface area contributed by atoms with E-state index in [4.69, 9.17) is 9.47 Å². The molecule has 0 N–H and O–H groups in total. The summed E-state index contributed by atoms with van der Waals surface area (Å²) in [6.07, 6.45) is -1.63. The fraction of sp³-hybridized carbons (Fsp3) is 0.455. The van der Waals surface area contributed by atoms with Gasteiger partial charge in [-0.3, -0.25) is 4.79 Å². The van der Waals surface area contributed by atoms with Gasteiger partial charge >= 0.3 is 12.1 Å². The van der Waals surface area contributed by atoms with E-state index in [1.54, 1.807) is 18.3 Å². The predicted octanol–water partition coefficient (Wildman–Crippen LogP) is 7.18. The molecule has 3 aliphatic rings. The average molecular weight is 583 g/mol. The van der Waals surface area contributed by atoms with E-state index in [-0.39, 0.29) is 47.5 Å². The van der Waals surface area contributed by atoms with Crippen LogP contribution in [-0.4, -0.2) is 35.5 Å². The summed E-state index contributed by atoms with van der Waals surface area (Å²) in [5.74, 6) is -0.682. The number of halogens is 4. The number of ether oxygens (including phenoxy) is 2. The Kier molecular flexibility index (Phi) is 6.87. The summed E-state index contributed by atoms with van der Waals surface area (Å²) >= 11 is 0. The van der Waals surface area contributed by atoms with Crippen LogP contribution < -0.4 is 4.74 Å². The Morgan fingerprint density at radius 1 is 1.02 bits per heavy atom. The normalized spacial score (nSPS) is 24.3. The van der Waals surface area contributed by atoms with E-state index in [2.05, 4.69) is 4.98 Å². The highest BCUT2D eigenvalue weighted by Crippen LogP contribution is 2.62. The Labute approximate surface area is 242 Å². The van der Waals surface area contributed by atoms with Crippen LogP contribution in [0.15, 0.2) is 48.7 Å². The number of rotatable bonds is 6. The maximum Gasteiger partial charge on any atom is 0.416 e. The standard InChI is InChI=1S/C33H34F4N2O3/c1-32(2,3)42-31(40)30-23-10-17-12-28(38-15-24(17)29(23)30)41-16-18-11-20-21(14-27(39(4)5)22(20)13-26(18)34)19-8-6-7-9-25(19)33(35,36)37/h6-9,11-13,15,21,23,27,29-30H,10,14,16H2,1-5H3/t21?,23-,27+,29-,30+/m1/s1. The molecule has 0 radical (unpaired) electrons. The molecule has 0 amide bonds. The third kappa shape index (κ3) is 5.16. The third-order valence-corrected chi connectivity index (χ3v) is 8.75. The molecule has 1 aromatic heterocycles. The summed E-state index contributed by atoms with van der Waals surface area (Å²) in [4.78, 5) is 18.9. The second-order valence-corrected chi connectivity index (χ2v) is 12.9. The van der Waals surface area contributed by atoms with Crippen molar-refractivity contribution in [3.8, 4) is 5.88 Å². The fourth-order valence-corrected chi connectivity index (χ4v) is 6.86. The maximum absolute atomic E-state index is 15.4. The molecule has 42 heavy (non-hydrogen) atoms. The molecule has 6 rings (SSSR count). The number of fused-ring (bicyclic) bond motifs is 4. The molecule has 3 aromatic rings. The fourth-order valence-electron chi connectivity index (χ4n) is 6.86. The second-order valence-electron chi connectivity index (χ2n) is 12.9. The van der Waals surface area contributed by atoms with Gasteiger partial charge in [0.1, 0.15) is 18.0 Å². The van der Waals surface area contributed by atoms with Crippen LogP contribution in [0.2, 0.25) is 0 Å². The van der Waals surface area contributed by atoms with Crippen molar-refractivity contribution in [1.29, 1.82) is 0 Å². The molecule has 1 fully saturated rings. The highest BCUT2D eigenvalue weighted by atomic mass is 19.4. The Morgan fingerprint density at radius 3 is 2.45 bits per heavy atom. The van der Waals surface area contributed by atoms with Crippen LogP contribution >= 0.6 is 0 Å². The summed E-state index contributed by atoms with van der Waals surface area (Å²) < 4.78 is 68.6. The van der Waals surface area contributed by atoms with Crippen LogP contribution in [0, 0.1) is 17.7 Å². The molecular formula is C33H34F4N2O3. The number of nitrogens with zero attached hydrogens (tertiary/aromatic N) is 2. The highest BCUT2D eigenvalue weighted by molar-refractivity contribution is 5.80. The quantitative estimate of drug-likeness (QED) is 0.228. The smallest absolute Gasteiger partial charge is 0.416 e. The van der Waals surface area contributed by atoms with E-state index in [1.807, 2.05) is 45.8 Å². The molecule has 222 valence electrons. The van der Waals surface area contributed by atoms with Crippen molar-refractivity contribution in [2.24, 2.45) is 11.8 Å². The van der Waals surface area contributed by atoms with Crippen LogP contribution in [0.3, 0.4) is 0 Å². The van der Waals surface area contributed by atoms with Crippen LogP contribution in [0.4, 0.5) is 17.6 Å². The first-order valence-corrected chi connectivity index (χ1v) is 14.2. The number of hydrogen-bond donors (Lipinski definition) is 0. The largest absolute Gasteiger partial charge is 0.473 e. The number of pyridine rings is 1. The van der Waals surface area contributed by atoms with Gasteiger partial charge in [0.2, 0.25) is 5.88 Å². The monoisotopic (exact) mass is 582 g/mol. The minimum atomic E-state index is -4.49. The van der Waals surface area contributed by atoms with Crippen molar-refractivity contribution in [3.63, 3.8) is 0 Å². The Balaban J connectivity index is 1.22. The average Bonchev–Trinajstić information content (AvgIpc) is 3.30. The first kappa shape index (κ1) is 28.6. The third-order valence-electron chi connectivity index (χ3n) is 8.75. The topological polar surface area (TPSA) is 51.7 Å². The lowest BCUT2D eigenvalue weighted by atomic mass is 9.88. The molecule has 9 heteroatoms. The summed E-state index contributed by atoms with van der Waals surface area (Å²) in [5.41, 5.74) is 2.70. The van der Waals surface area contributed by atoms with E-state index >= 15 is 4.39 Å². The minimum absolute atomic E-state index is 0.103. The number of carbonyl (C=O) groups is 1. The lowest BCUT2D eigenvalue weighted by Crippen LogP contribution is -2.26. The minimum Gasteiger partial charge on any atom is -0.473 e. The Hall–Kier alpha value is -3.46. The van der Waals surface area contributed by atoms with Crippen molar-refractivity contribution < 1.29 is 31.8 Å². The molecule has 1 heterocycles. The van der Waals surface area contributed by atoms with Crippen LogP contribution in [-0.2, 0) is 28.7 Å². The van der Waals surface area contributed by atoms with Crippen LogP contribution in [0.5, 0.6) is 5.88 Å². The lowest BCUT2D eigenvalue weighted by molar-refractivity contribution is -0.157. The number of esters is 1. The zero-order chi connectivity index (χ0) is 30.1. The van der Waals surface area contributed by atoms with Gasteiger partial charge in [0.15, 0.2) is 0 Å². The SMILES string of the molecule is CN(C)[C@H]1CC(c2ccccc2C(F)(F)F)c2cc(COc3cc4c(cn3)[C@H]3[C@@H](C4)[C@@H]3C(=O)OC(C)(C)C)c(F)cc21. The number of alkyl halides is 3. The molecule has 0 spiro atoms. The van der Waals surface area contributed by atoms with Crippen molar-refractivity contribution >= 4 is 5.97 Å². The Bertz CT molecular complexity index is 1550. The number of benzene rings is 2. The molecular weight excluding hydrogens is 548 g/mol. The molecule has 2 aromatic carbocycles. The van der Waals surface area contributed by atoms with Gasteiger partial charge in [-0.1, -0.05) is 18.2 Å². The van der Waals surface area contributed by atoms with E-state index < -0.39 is 29.1 Å². The predicted molar refractivity (Wildman–Crippen MR) is 149 cm³/mol. The van der Waals surface area contributed by atoms with Crippen molar-refractivity contribution in [2.45, 2.75) is 69.9 Å². The first-order chi connectivity index (χ1) is 19.7. The maximum atomic E-state index is 15.4. The van der Waals surface area contributed by atoms with Crippen molar-refractivity contribution in [2.75, 3.05) is 14.1 Å². The number of aromatic nitrogens is 1. The lowest BCUT2D eigenvalue weighted by Gasteiger charge is -2.21. The molecule has 5 atom stereocenters. The van der Waals surface area contributed by atoms with Crippen molar-refractivity contribution in [1.82, 2.24) is 9.88 Å². The second kappa shape index (κ2) is 10.1. The van der Waals surface area contributed by atoms with E-state index in [0.717, 1.165) is 23.6 Å². The summed E-state index contributed by atoms with van der Waals surface area (Å²) in [6.45, 7) is 5.45. The molecule has 5 nitrogen and oxygen atoms in total. The van der Waals surface area contributed by atoms with Gasteiger partial charge in [-0.15, -0.1) is 0 Å². The first-order valence-electron chi connectivity index (χ1n) is 14.2. The Morgan fingerprint density at radius 2 is 1.76 bits per heavy atom. The summed E-state index contributed by atoms with van der Waals surface area (Å²) in [5, 5.41) is 0. The number of carbonyl (C=O) groups excluding carboxylic acids is 1.